The first-order valence-electron chi connectivity index (χ1n) is 5.48. The Kier molecular flexibility index (Phi) is 5.77. The van der Waals surface area contributed by atoms with Crippen molar-refractivity contribution < 1.29 is 34.4 Å². The zero-order chi connectivity index (χ0) is 14.3. The molecule has 1 rings (SSSR count). The summed E-state index contributed by atoms with van der Waals surface area (Å²) in [5.41, 5.74) is -0.627. The van der Waals surface area contributed by atoms with Crippen molar-refractivity contribution in [3.8, 4) is 5.75 Å². The van der Waals surface area contributed by atoms with Crippen molar-refractivity contribution in [1.29, 1.82) is 0 Å². The minimum absolute atomic E-state index is 0.0868. The van der Waals surface area contributed by atoms with Crippen LogP contribution in [0.3, 0.4) is 0 Å². The van der Waals surface area contributed by atoms with Crippen LogP contribution < -0.4 is 4.74 Å². The molecular weight excluding hydrogens is 256 g/mol. The van der Waals surface area contributed by atoms with Gasteiger partial charge in [0.15, 0.2) is 0 Å². The Balaban J connectivity index is 2.68. The smallest absolute Gasteiger partial charge is 0.336 e. The zero-order valence-corrected chi connectivity index (χ0v) is 10.0. The zero-order valence-electron chi connectivity index (χ0n) is 10.0. The number of aromatic carboxylic acids is 2. The van der Waals surface area contributed by atoms with E-state index >= 15 is 0 Å². The summed E-state index contributed by atoms with van der Waals surface area (Å²) in [4.78, 5) is 21.7. The van der Waals surface area contributed by atoms with Crippen molar-refractivity contribution in [3.63, 3.8) is 0 Å². The highest BCUT2D eigenvalue weighted by Gasteiger charge is 2.16. The maximum absolute atomic E-state index is 10.9. The summed E-state index contributed by atoms with van der Waals surface area (Å²) >= 11 is 0. The Morgan fingerprint density at radius 3 is 2.26 bits per heavy atom. The number of ether oxygens (including phenoxy) is 2. The van der Waals surface area contributed by atoms with Crippen LogP contribution in [0.15, 0.2) is 18.2 Å². The van der Waals surface area contributed by atoms with Crippen LogP contribution in [-0.2, 0) is 4.74 Å². The van der Waals surface area contributed by atoms with Gasteiger partial charge in [-0.25, -0.2) is 9.59 Å². The molecule has 0 saturated heterocycles. The third-order valence-corrected chi connectivity index (χ3v) is 2.18. The van der Waals surface area contributed by atoms with Gasteiger partial charge >= 0.3 is 11.9 Å². The molecule has 0 aliphatic rings. The second kappa shape index (κ2) is 7.34. The predicted octanol–water partition coefficient (Wildman–Crippen LogP) is 0.471. The van der Waals surface area contributed by atoms with Crippen molar-refractivity contribution in [3.05, 3.63) is 29.3 Å². The minimum atomic E-state index is -1.33. The molecule has 0 atom stereocenters. The number of hydrogen-bond acceptors (Lipinski definition) is 5. The second-order valence-corrected chi connectivity index (χ2v) is 3.50. The lowest BCUT2D eigenvalue weighted by molar-refractivity contribution is 0.0648. The highest BCUT2D eigenvalue weighted by atomic mass is 16.5. The van der Waals surface area contributed by atoms with E-state index in [1.54, 1.807) is 0 Å². The molecule has 7 nitrogen and oxygen atoms in total. The number of carboxylic acids is 2. The number of aliphatic hydroxyl groups excluding tert-OH is 1. The summed E-state index contributed by atoms with van der Waals surface area (Å²) in [5, 5.41) is 26.2. The van der Waals surface area contributed by atoms with Crippen LogP contribution in [0.2, 0.25) is 0 Å². The number of hydrogen-bond donors (Lipinski definition) is 3. The average Bonchev–Trinajstić information content (AvgIpc) is 2.38. The molecule has 0 aliphatic heterocycles. The lowest BCUT2D eigenvalue weighted by Crippen LogP contribution is -2.11. The van der Waals surface area contributed by atoms with E-state index in [4.69, 9.17) is 24.8 Å². The molecule has 104 valence electrons. The van der Waals surface area contributed by atoms with Crippen LogP contribution in [0.4, 0.5) is 0 Å². The van der Waals surface area contributed by atoms with E-state index in [1.807, 2.05) is 0 Å². The van der Waals surface area contributed by atoms with Crippen molar-refractivity contribution >= 4 is 11.9 Å². The van der Waals surface area contributed by atoms with Crippen molar-refractivity contribution in [2.45, 2.75) is 0 Å². The lowest BCUT2D eigenvalue weighted by atomic mass is 10.1. The van der Waals surface area contributed by atoms with E-state index in [-0.39, 0.29) is 43.3 Å². The van der Waals surface area contributed by atoms with Crippen LogP contribution in [0, 0.1) is 0 Å². The van der Waals surface area contributed by atoms with Crippen molar-refractivity contribution in [2.24, 2.45) is 0 Å². The monoisotopic (exact) mass is 270 g/mol. The maximum atomic E-state index is 10.9. The van der Waals surface area contributed by atoms with E-state index in [0.29, 0.717) is 0 Å². The summed E-state index contributed by atoms with van der Waals surface area (Å²) in [6.45, 7) is 0.521. The number of aliphatic hydroxyl groups is 1. The lowest BCUT2D eigenvalue weighted by Gasteiger charge is -2.08. The fraction of sp³-hybridized carbons (Fsp3) is 0.333. The summed E-state index contributed by atoms with van der Waals surface area (Å²) in [6.07, 6.45) is 0. The summed E-state index contributed by atoms with van der Waals surface area (Å²) in [6, 6.07) is 3.70. The van der Waals surface area contributed by atoms with Gasteiger partial charge in [-0.15, -0.1) is 0 Å². The molecule has 0 fully saturated rings. The third kappa shape index (κ3) is 4.57. The molecule has 3 N–H and O–H groups in total. The number of carboxylic acid groups (broad SMARTS) is 2. The molecule has 0 spiro atoms. The molecule has 0 radical (unpaired) electrons. The Morgan fingerprint density at radius 2 is 1.68 bits per heavy atom. The third-order valence-electron chi connectivity index (χ3n) is 2.18. The molecule has 0 aromatic heterocycles. The normalized spacial score (nSPS) is 10.2. The van der Waals surface area contributed by atoms with Crippen molar-refractivity contribution in [1.82, 2.24) is 0 Å². The molecular formula is C12H14O7. The van der Waals surface area contributed by atoms with Gasteiger partial charge in [-0.1, -0.05) is 0 Å². The van der Waals surface area contributed by atoms with Gasteiger partial charge in [-0.2, -0.15) is 0 Å². The Bertz CT molecular complexity index is 455. The molecule has 1 aromatic carbocycles. The first-order chi connectivity index (χ1) is 9.06. The first-order valence-corrected chi connectivity index (χ1v) is 5.48. The molecule has 0 unspecified atom stereocenters. The van der Waals surface area contributed by atoms with Gasteiger partial charge in [0, 0.05) is 0 Å². The molecule has 0 saturated carbocycles. The Hall–Kier alpha value is -2.12. The Morgan fingerprint density at radius 1 is 1.00 bits per heavy atom. The molecule has 0 bridgehead atoms. The molecule has 19 heavy (non-hydrogen) atoms. The molecule has 1 aromatic rings. The number of benzene rings is 1. The highest BCUT2D eigenvalue weighted by Crippen LogP contribution is 2.18. The van der Waals surface area contributed by atoms with E-state index < -0.39 is 11.9 Å². The fourth-order valence-electron chi connectivity index (χ4n) is 1.36. The number of rotatable bonds is 8. The fourth-order valence-corrected chi connectivity index (χ4v) is 1.36. The highest BCUT2D eigenvalue weighted by molar-refractivity contribution is 6.01. The van der Waals surface area contributed by atoms with Crippen molar-refractivity contribution in [2.75, 3.05) is 26.4 Å². The summed E-state index contributed by atoms with van der Waals surface area (Å²) in [7, 11) is 0. The molecule has 7 heteroatoms. The Labute approximate surface area is 109 Å². The topological polar surface area (TPSA) is 113 Å². The van der Waals surface area contributed by atoms with Crippen LogP contribution in [-0.4, -0.2) is 53.7 Å². The van der Waals surface area contributed by atoms with Gasteiger partial charge in [-0.05, 0) is 18.2 Å². The van der Waals surface area contributed by atoms with Crippen LogP contribution in [0.25, 0.3) is 0 Å². The van der Waals surface area contributed by atoms with E-state index in [2.05, 4.69) is 0 Å². The van der Waals surface area contributed by atoms with Gasteiger partial charge < -0.3 is 24.8 Å². The number of carbonyl (C=O) groups is 2. The SMILES string of the molecule is O=C(O)c1ccc(OCCOCCO)cc1C(=O)O. The second-order valence-electron chi connectivity index (χ2n) is 3.50. The first kappa shape index (κ1) is 14.9. The van der Waals surface area contributed by atoms with Crippen LogP contribution >= 0.6 is 0 Å². The van der Waals surface area contributed by atoms with Gasteiger partial charge in [-0.3, -0.25) is 0 Å². The van der Waals surface area contributed by atoms with E-state index in [0.717, 1.165) is 6.07 Å². The minimum Gasteiger partial charge on any atom is -0.491 e. The largest absolute Gasteiger partial charge is 0.491 e. The average molecular weight is 270 g/mol. The maximum Gasteiger partial charge on any atom is 0.336 e. The van der Waals surface area contributed by atoms with Crippen LogP contribution in [0.1, 0.15) is 20.7 Å². The van der Waals surface area contributed by atoms with Crippen LogP contribution in [0.5, 0.6) is 5.75 Å². The van der Waals surface area contributed by atoms with E-state index in [9.17, 15) is 9.59 Å². The quantitative estimate of drug-likeness (QED) is 0.588. The van der Waals surface area contributed by atoms with Gasteiger partial charge in [0.1, 0.15) is 12.4 Å². The van der Waals surface area contributed by atoms with E-state index in [1.165, 1.54) is 12.1 Å². The van der Waals surface area contributed by atoms with Gasteiger partial charge in [0.05, 0.1) is 30.9 Å². The van der Waals surface area contributed by atoms with Gasteiger partial charge in [0.2, 0.25) is 0 Å². The standard InChI is InChI=1S/C12H14O7/c13-3-4-18-5-6-19-8-1-2-9(11(14)15)10(7-8)12(16)17/h1-2,7,13H,3-6H2,(H,14,15)(H,16,17). The predicted molar refractivity (Wildman–Crippen MR) is 63.8 cm³/mol. The summed E-state index contributed by atoms with van der Waals surface area (Å²) < 4.78 is 10.2. The molecule has 0 aliphatic carbocycles. The summed E-state index contributed by atoms with van der Waals surface area (Å²) in [5.74, 6) is -2.40. The molecule has 0 amide bonds. The van der Waals surface area contributed by atoms with Gasteiger partial charge in [0.25, 0.3) is 0 Å². The molecule has 0 heterocycles.